The van der Waals surface area contributed by atoms with Crippen LogP contribution in [0.4, 0.5) is 0 Å². The molecule has 20 heavy (non-hydrogen) atoms. The Morgan fingerprint density at radius 2 is 1.90 bits per heavy atom. The lowest BCUT2D eigenvalue weighted by molar-refractivity contribution is -0.136. The lowest BCUT2D eigenvalue weighted by Crippen LogP contribution is -2.15. The van der Waals surface area contributed by atoms with Crippen LogP contribution in [0.2, 0.25) is 0 Å². The predicted molar refractivity (Wildman–Crippen MR) is 76.3 cm³/mol. The Morgan fingerprint density at radius 3 is 2.50 bits per heavy atom. The Bertz CT molecular complexity index is 605. The molecule has 0 spiro atoms. The first-order valence-corrected chi connectivity index (χ1v) is 6.54. The number of aliphatic carboxylic acids is 1. The molecule has 0 radical (unpaired) electrons. The number of hydrogen-bond donors (Lipinski definition) is 2. The summed E-state index contributed by atoms with van der Waals surface area (Å²) < 4.78 is 1.84. The first-order chi connectivity index (χ1) is 9.58. The quantitative estimate of drug-likeness (QED) is 0.839. The Kier molecular flexibility index (Phi) is 4.53. The number of nitrogens with one attached hydrogen (secondary N) is 1. The van der Waals surface area contributed by atoms with Crippen molar-refractivity contribution in [3.63, 3.8) is 0 Å². The zero-order valence-corrected chi connectivity index (χ0v) is 11.8. The van der Waals surface area contributed by atoms with E-state index in [2.05, 4.69) is 10.4 Å². The SMILES string of the molecule is Cc1c(CNCc2ccccc2CC(=O)O)cnn1C. The summed E-state index contributed by atoms with van der Waals surface area (Å²) in [5, 5.41) is 16.4. The summed E-state index contributed by atoms with van der Waals surface area (Å²) in [5.74, 6) is -0.805. The summed E-state index contributed by atoms with van der Waals surface area (Å²) in [6.45, 7) is 3.40. The standard InChI is InChI=1S/C15H19N3O2/c1-11-14(10-17-18(11)2)9-16-8-13-6-4-3-5-12(13)7-15(19)20/h3-6,10,16H,7-9H2,1-2H3,(H,19,20). The molecule has 106 valence electrons. The number of hydrogen-bond acceptors (Lipinski definition) is 3. The van der Waals surface area contributed by atoms with Gasteiger partial charge in [-0.15, -0.1) is 0 Å². The summed E-state index contributed by atoms with van der Waals surface area (Å²) in [5.41, 5.74) is 4.17. The van der Waals surface area contributed by atoms with Gasteiger partial charge in [0.05, 0.1) is 12.6 Å². The van der Waals surface area contributed by atoms with Gasteiger partial charge in [-0.25, -0.2) is 0 Å². The van der Waals surface area contributed by atoms with E-state index in [4.69, 9.17) is 5.11 Å². The third-order valence-electron chi connectivity index (χ3n) is 3.43. The monoisotopic (exact) mass is 273 g/mol. The smallest absolute Gasteiger partial charge is 0.307 e. The van der Waals surface area contributed by atoms with Gasteiger partial charge < -0.3 is 10.4 Å². The van der Waals surface area contributed by atoms with Crippen LogP contribution in [0, 0.1) is 6.92 Å². The lowest BCUT2D eigenvalue weighted by atomic mass is 10.0. The normalized spacial score (nSPS) is 10.7. The number of carboxylic acids is 1. The molecule has 0 aliphatic rings. The Labute approximate surface area is 118 Å². The fraction of sp³-hybridized carbons (Fsp3) is 0.333. The topological polar surface area (TPSA) is 67.2 Å². The van der Waals surface area contributed by atoms with Gasteiger partial charge in [0.25, 0.3) is 0 Å². The fourth-order valence-corrected chi connectivity index (χ4v) is 2.11. The average molecular weight is 273 g/mol. The number of nitrogens with zero attached hydrogens (tertiary/aromatic N) is 2. The van der Waals surface area contributed by atoms with Crippen LogP contribution >= 0.6 is 0 Å². The van der Waals surface area contributed by atoms with Gasteiger partial charge in [-0.05, 0) is 18.1 Å². The molecule has 1 heterocycles. The number of carboxylic acid groups (broad SMARTS) is 1. The maximum Gasteiger partial charge on any atom is 0.307 e. The summed E-state index contributed by atoms with van der Waals surface area (Å²) in [6.07, 6.45) is 1.91. The molecule has 1 aromatic heterocycles. The van der Waals surface area contributed by atoms with Crippen molar-refractivity contribution in [1.29, 1.82) is 0 Å². The van der Waals surface area contributed by atoms with Crippen molar-refractivity contribution in [2.75, 3.05) is 0 Å². The number of aromatic nitrogens is 2. The van der Waals surface area contributed by atoms with Gasteiger partial charge in [0, 0.05) is 31.4 Å². The second-order valence-electron chi connectivity index (χ2n) is 4.82. The predicted octanol–water partition coefficient (Wildman–Crippen LogP) is 1.65. The maximum absolute atomic E-state index is 10.8. The minimum atomic E-state index is -0.805. The van der Waals surface area contributed by atoms with E-state index >= 15 is 0 Å². The molecule has 0 saturated carbocycles. The molecule has 5 nitrogen and oxygen atoms in total. The highest BCUT2D eigenvalue weighted by Crippen LogP contribution is 2.10. The second-order valence-corrected chi connectivity index (χ2v) is 4.82. The van der Waals surface area contributed by atoms with Crippen LogP contribution < -0.4 is 5.32 Å². The fourth-order valence-electron chi connectivity index (χ4n) is 2.11. The van der Waals surface area contributed by atoms with E-state index in [0.29, 0.717) is 6.54 Å². The van der Waals surface area contributed by atoms with Gasteiger partial charge in [-0.1, -0.05) is 24.3 Å². The average Bonchev–Trinajstić information content (AvgIpc) is 2.72. The van der Waals surface area contributed by atoms with Gasteiger partial charge in [0.15, 0.2) is 0 Å². The largest absolute Gasteiger partial charge is 0.481 e. The van der Waals surface area contributed by atoms with E-state index in [0.717, 1.165) is 28.9 Å². The number of benzene rings is 1. The number of aryl methyl sites for hydroxylation is 1. The van der Waals surface area contributed by atoms with Crippen LogP contribution in [-0.2, 0) is 31.4 Å². The van der Waals surface area contributed by atoms with E-state index in [9.17, 15) is 4.79 Å². The Hall–Kier alpha value is -2.14. The van der Waals surface area contributed by atoms with Crippen molar-refractivity contribution in [3.8, 4) is 0 Å². The molecule has 5 heteroatoms. The molecule has 0 atom stereocenters. The molecule has 2 N–H and O–H groups in total. The minimum Gasteiger partial charge on any atom is -0.481 e. The van der Waals surface area contributed by atoms with Crippen molar-refractivity contribution in [3.05, 3.63) is 52.8 Å². The third kappa shape index (κ3) is 3.45. The number of rotatable bonds is 6. The molecule has 0 bridgehead atoms. The summed E-state index contributed by atoms with van der Waals surface area (Å²) in [6, 6.07) is 7.62. The first kappa shape index (κ1) is 14.3. The van der Waals surface area contributed by atoms with Crippen molar-refractivity contribution in [1.82, 2.24) is 15.1 Å². The minimum absolute atomic E-state index is 0.0593. The van der Waals surface area contributed by atoms with Gasteiger partial charge in [0.1, 0.15) is 0 Å². The molecule has 0 saturated heterocycles. The van der Waals surface area contributed by atoms with Crippen LogP contribution in [0.25, 0.3) is 0 Å². The van der Waals surface area contributed by atoms with Crippen molar-refractivity contribution < 1.29 is 9.90 Å². The van der Waals surface area contributed by atoms with Crippen LogP contribution in [0.5, 0.6) is 0 Å². The van der Waals surface area contributed by atoms with Crippen LogP contribution in [0.1, 0.15) is 22.4 Å². The molecular formula is C15H19N3O2. The summed E-state index contributed by atoms with van der Waals surface area (Å²) >= 11 is 0. The maximum atomic E-state index is 10.8. The molecule has 0 unspecified atom stereocenters. The van der Waals surface area contributed by atoms with Crippen molar-refractivity contribution in [2.45, 2.75) is 26.4 Å². The van der Waals surface area contributed by atoms with Gasteiger partial charge in [0.2, 0.25) is 0 Å². The van der Waals surface area contributed by atoms with E-state index < -0.39 is 5.97 Å². The Morgan fingerprint density at radius 1 is 1.25 bits per heavy atom. The van der Waals surface area contributed by atoms with E-state index in [1.807, 2.05) is 49.1 Å². The van der Waals surface area contributed by atoms with Gasteiger partial charge in [-0.3, -0.25) is 9.48 Å². The highest BCUT2D eigenvalue weighted by molar-refractivity contribution is 5.70. The molecule has 2 aromatic rings. The van der Waals surface area contributed by atoms with Gasteiger partial charge in [-0.2, -0.15) is 5.10 Å². The van der Waals surface area contributed by atoms with Gasteiger partial charge >= 0.3 is 5.97 Å². The third-order valence-corrected chi connectivity index (χ3v) is 3.43. The molecular weight excluding hydrogens is 254 g/mol. The highest BCUT2D eigenvalue weighted by atomic mass is 16.4. The van der Waals surface area contributed by atoms with E-state index in [-0.39, 0.29) is 6.42 Å². The molecule has 0 fully saturated rings. The highest BCUT2D eigenvalue weighted by Gasteiger charge is 2.07. The zero-order valence-electron chi connectivity index (χ0n) is 11.8. The number of carbonyl (C=O) groups is 1. The Balaban J connectivity index is 1.97. The van der Waals surface area contributed by atoms with E-state index in [1.165, 1.54) is 0 Å². The summed E-state index contributed by atoms with van der Waals surface area (Å²) in [7, 11) is 1.92. The van der Waals surface area contributed by atoms with E-state index in [1.54, 1.807) is 0 Å². The molecule has 0 amide bonds. The van der Waals surface area contributed by atoms with Crippen LogP contribution in [0.15, 0.2) is 30.5 Å². The molecule has 2 rings (SSSR count). The zero-order chi connectivity index (χ0) is 14.5. The van der Waals surface area contributed by atoms with Crippen molar-refractivity contribution in [2.24, 2.45) is 7.05 Å². The molecule has 0 aliphatic carbocycles. The van der Waals surface area contributed by atoms with Crippen molar-refractivity contribution >= 4 is 5.97 Å². The first-order valence-electron chi connectivity index (χ1n) is 6.54. The lowest BCUT2D eigenvalue weighted by Gasteiger charge is -2.09. The summed E-state index contributed by atoms with van der Waals surface area (Å²) in [4.78, 5) is 10.8. The second kappa shape index (κ2) is 6.34. The van der Waals surface area contributed by atoms with Crippen LogP contribution in [-0.4, -0.2) is 20.9 Å². The van der Waals surface area contributed by atoms with Crippen LogP contribution in [0.3, 0.4) is 0 Å². The molecule has 0 aliphatic heterocycles. The molecule has 1 aromatic carbocycles.